The van der Waals surface area contributed by atoms with Gasteiger partial charge >= 0.3 is 7.82 Å². The predicted molar refractivity (Wildman–Crippen MR) is 105 cm³/mol. The minimum absolute atomic E-state index is 0.295. The van der Waals surface area contributed by atoms with Gasteiger partial charge in [-0.05, 0) is 19.9 Å². The zero-order valence-electron chi connectivity index (χ0n) is 15.2. The van der Waals surface area contributed by atoms with Crippen LogP contribution in [0.4, 0.5) is 0 Å². The van der Waals surface area contributed by atoms with E-state index in [1.807, 2.05) is 12.1 Å². The maximum Gasteiger partial charge on any atom is 0.474 e. The average Bonchev–Trinajstić information content (AvgIpc) is 2.63. The first-order valence-electron chi connectivity index (χ1n) is 8.69. The molecule has 0 aliphatic heterocycles. The predicted octanol–water partition coefficient (Wildman–Crippen LogP) is 4.08. The lowest BCUT2D eigenvalue weighted by Gasteiger charge is -2.29. The van der Waals surface area contributed by atoms with Gasteiger partial charge in [0.05, 0.1) is 19.8 Å². The Morgan fingerprint density at radius 2 is 1.24 bits per heavy atom. The first-order valence-corrected chi connectivity index (χ1v) is 12.9. The lowest BCUT2D eigenvalue weighted by molar-refractivity contribution is 0.126. The third-order valence-electron chi connectivity index (χ3n) is 4.25. The van der Waals surface area contributed by atoms with Gasteiger partial charge in [-0.1, -0.05) is 77.6 Å². The van der Waals surface area contributed by atoms with Crippen molar-refractivity contribution in [2.45, 2.75) is 26.4 Å². The van der Waals surface area contributed by atoms with Gasteiger partial charge in [-0.25, -0.2) is 4.57 Å². The van der Waals surface area contributed by atoms with E-state index >= 15 is 0 Å². The summed E-state index contributed by atoms with van der Waals surface area (Å²) in [5, 5.41) is 2.65. The molecule has 2 aromatic carbocycles. The smallest absolute Gasteiger partial charge is 0.287 e. The van der Waals surface area contributed by atoms with Gasteiger partial charge in [0, 0.05) is 0 Å². The van der Waals surface area contributed by atoms with Gasteiger partial charge in [0.15, 0.2) is 0 Å². The van der Waals surface area contributed by atoms with E-state index in [1.165, 1.54) is 10.4 Å². The fourth-order valence-electron chi connectivity index (χ4n) is 2.86. The van der Waals surface area contributed by atoms with Gasteiger partial charge in [-0.15, -0.1) is 0 Å². The Bertz CT molecular complexity index is 629. The molecule has 0 heterocycles. The molecular formula is C19H27O4PSi. The van der Waals surface area contributed by atoms with Crippen molar-refractivity contribution in [2.75, 3.05) is 19.8 Å². The molecule has 0 bridgehead atoms. The van der Waals surface area contributed by atoms with E-state index < -0.39 is 15.9 Å². The second-order valence-electron chi connectivity index (χ2n) is 5.93. The van der Waals surface area contributed by atoms with Crippen molar-refractivity contribution in [1.29, 1.82) is 0 Å². The zero-order valence-corrected chi connectivity index (χ0v) is 17.1. The Balaban J connectivity index is 2.19. The van der Waals surface area contributed by atoms with Gasteiger partial charge in [0.2, 0.25) is 0 Å². The minimum atomic E-state index is -3.47. The zero-order chi connectivity index (χ0) is 18.2. The van der Waals surface area contributed by atoms with Crippen LogP contribution in [0.1, 0.15) is 13.8 Å². The van der Waals surface area contributed by atoms with E-state index in [-0.39, 0.29) is 0 Å². The summed E-state index contributed by atoms with van der Waals surface area (Å²) >= 11 is 0. The molecule has 0 N–H and O–H groups in total. The van der Waals surface area contributed by atoms with Crippen LogP contribution in [0.3, 0.4) is 0 Å². The summed E-state index contributed by atoms with van der Waals surface area (Å²) in [7, 11) is -5.47. The van der Waals surface area contributed by atoms with E-state index in [0.717, 1.165) is 6.04 Å². The molecule has 2 rings (SSSR count). The molecule has 0 fully saturated rings. The van der Waals surface area contributed by atoms with Gasteiger partial charge < -0.3 is 0 Å². The van der Waals surface area contributed by atoms with Crippen LogP contribution in [0.25, 0.3) is 0 Å². The van der Waals surface area contributed by atoms with Crippen LogP contribution in [-0.2, 0) is 18.1 Å². The van der Waals surface area contributed by atoms with Crippen molar-refractivity contribution in [1.82, 2.24) is 0 Å². The lowest BCUT2D eigenvalue weighted by Crippen LogP contribution is -2.56. The summed E-state index contributed by atoms with van der Waals surface area (Å²) in [5.74, 6) is 0. The number of phosphoric ester groups is 1. The van der Waals surface area contributed by atoms with E-state index in [0.29, 0.717) is 19.8 Å². The topological polar surface area (TPSA) is 44.8 Å². The summed E-state index contributed by atoms with van der Waals surface area (Å²) < 4.78 is 28.6. The van der Waals surface area contributed by atoms with E-state index in [2.05, 4.69) is 55.1 Å². The highest BCUT2D eigenvalue weighted by atomic mass is 31.2. The molecular weight excluding hydrogens is 351 g/mol. The van der Waals surface area contributed by atoms with Gasteiger partial charge in [0.1, 0.15) is 8.07 Å². The standard InChI is InChI=1S/C19H27O4PSi/c1-4-21-24(20,22-5-2)23-16-17-25(3,18-12-8-6-9-13-18)19-14-10-7-11-15-19/h6-15H,4-5,16-17H2,1-3H3. The van der Waals surface area contributed by atoms with Crippen LogP contribution in [-0.4, -0.2) is 27.9 Å². The molecule has 25 heavy (non-hydrogen) atoms. The highest BCUT2D eigenvalue weighted by molar-refractivity contribution is 7.48. The molecule has 4 nitrogen and oxygen atoms in total. The second kappa shape index (κ2) is 9.46. The number of rotatable bonds is 10. The van der Waals surface area contributed by atoms with Gasteiger partial charge in [0.25, 0.3) is 0 Å². The highest BCUT2D eigenvalue weighted by Crippen LogP contribution is 2.49. The first-order chi connectivity index (χ1) is 12.0. The van der Waals surface area contributed by atoms with Crippen LogP contribution in [0, 0.1) is 0 Å². The van der Waals surface area contributed by atoms with Crippen molar-refractivity contribution in [2.24, 2.45) is 0 Å². The Morgan fingerprint density at radius 3 is 1.64 bits per heavy atom. The summed E-state index contributed by atoms with van der Waals surface area (Å²) in [4.78, 5) is 0. The minimum Gasteiger partial charge on any atom is -0.287 e. The lowest BCUT2D eigenvalue weighted by atomic mass is 10.4. The van der Waals surface area contributed by atoms with Crippen molar-refractivity contribution < 1.29 is 18.1 Å². The molecule has 136 valence electrons. The van der Waals surface area contributed by atoms with Crippen LogP contribution >= 0.6 is 7.82 Å². The van der Waals surface area contributed by atoms with E-state index in [9.17, 15) is 4.57 Å². The van der Waals surface area contributed by atoms with Gasteiger partial charge in [-0.2, -0.15) is 0 Å². The van der Waals surface area contributed by atoms with E-state index in [1.54, 1.807) is 13.8 Å². The number of hydrogen-bond acceptors (Lipinski definition) is 4. The Labute approximate surface area is 151 Å². The molecule has 0 saturated heterocycles. The normalized spacial score (nSPS) is 12.3. The Morgan fingerprint density at radius 1 is 0.800 bits per heavy atom. The fraction of sp³-hybridized carbons (Fsp3) is 0.368. The molecule has 0 unspecified atom stereocenters. The molecule has 0 spiro atoms. The second-order valence-corrected chi connectivity index (χ2v) is 11.9. The molecule has 0 atom stereocenters. The van der Waals surface area contributed by atoms with Crippen molar-refractivity contribution in [3.8, 4) is 0 Å². The molecule has 0 aliphatic rings. The van der Waals surface area contributed by atoms with Crippen molar-refractivity contribution in [3.63, 3.8) is 0 Å². The third-order valence-corrected chi connectivity index (χ3v) is 10.3. The molecule has 6 heteroatoms. The molecule has 0 aromatic heterocycles. The summed E-state index contributed by atoms with van der Waals surface area (Å²) in [6, 6.07) is 21.8. The average molecular weight is 378 g/mol. The van der Waals surface area contributed by atoms with Crippen LogP contribution in [0.15, 0.2) is 60.7 Å². The quantitative estimate of drug-likeness (QED) is 0.462. The van der Waals surface area contributed by atoms with Crippen LogP contribution in [0.2, 0.25) is 12.6 Å². The number of benzene rings is 2. The Kier molecular flexibility index (Phi) is 7.60. The molecule has 0 saturated carbocycles. The maximum atomic E-state index is 12.5. The highest BCUT2D eigenvalue weighted by Gasteiger charge is 2.33. The molecule has 0 radical (unpaired) electrons. The Hall–Kier alpha value is -1.23. The van der Waals surface area contributed by atoms with Crippen LogP contribution in [0.5, 0.6) is 0 Å². The molecule has 0 aliphatic carbocycles. The van der Waals surface area contributed by atoms with E-state index in [4.69, 9.17) is 13.6 Å². The molecule has 0 amide bonds. The largest absolute Gasteiger partial charge is 0.474 e. The van der Waals surface area contributed by atoms with Gasteiger partial charge in [-0.3, -0.25) is 13.6 Å². The van der Waals surface area contributed by atoms with Crippen LogP contribution < -0.4 is 10.4 Å². The molecule has 2 aromatic rings. The first kappa shape index (κ1) is 20.1. The summed E-state index contributed by atoms with van der Waals surface area (Å²) in [5.41, 5.74) is 0. The summed E-state index contributed by atoms with van der Waals surface area (Å²) in [6.45, 7) is 6.80. The van der Waals surface area contributed by atoms with Crippen molar-refractivity contribution >= 4 is 26.3 Å². The monoisotopic (exact) mass is 378 g/mol. The maximum absolute atomic E-state index is 12.5. The number of hydrogen-bond donors (Lipinski definition) is 0. The summed E-state index contributed by atoms with van der Waals surface area (Å²) in [6.07, 6.45) is 0. The number of phosphoric acid groups is 1. The van der Waals surface area contributed by atoms with Crippen molar-refractivity contribution in [3.05, 3.63) is 60.7 Å². The SMILES string of the molecule is CCOP(=O)(OCC)OCC[Si](C)(c1ccccc1)c1ccccc1. The fourth-order valence-corrected chi connectivity index (χ4v) is 7.48. The third kappa shape index (κ3) is 5.37.